The van der Waals surface area contributed by atoms with Gasteiger partial charge in [-0.1, -0.05) is 6.07 Å². The standard InChI is InChI=1S/C9H7F2NO/c10-9(11)7-4-5-6(12-7)2-1-3-8(5)13/h1-4,9,12-13H. The van der Waals surface area contributed by atoms with E-state index in [-0.39, 0.29) is 11.4 Å². The highest BCUT2D eigenvalue weighted by Crippen LogP contribution is 2.28. The molecule has 13 heavy (non-hydrogen) atoms. The fourth-order valence-electron chi connectivity index (χ4n) is 1.28. The molecule has 2 N–H and O–H groups in total. The van der Waals surface area contributed by atoms with Crippen molar-refractivity contribution in [1.29, 1.82) is 0 Å². The Morgan fingerprint density at radius 2 is 2.08 bits per heavy atom. The summed E-state index contributed by atoms with van der Waals surface area (Å²) in [5.74, 6) is 0.0145. The number of aromatic nitrogens is 1. The number of H-pyrrole nitrogens is 1. The Balaban J connectivity index is 2.68. The fourth-order valence-corrected chi connectivity index (χ4v) is 1.28. The van der Waals surface area contributed by atoms with E-state index >= 15 is 0 Å². The Bertz CT molecular complexity index is 436. The molecule has 0 unspecified atom stereocenters. The summed E-state index contributed by atoms with van der Waals surface area (Å²) in [5.41, 5.74) is 0.354. The zero-order valence-corrected chi connectivity index (χ0v) is 6.59. The van der Waals surface area contributed by atoms with Crippen LogP contribution in [-0.4, -0.2) is 10.1 Å². The lowest BCUT2D eigenvalue weighted by molar-refractivity contribution is 0.147. The van der Waals surface area contributed by atoms with Gasteiger partial charge >= 0.3 is 0 Å². The van der Waals surface area contributed by atoms with Gasteiger partial charge in [-0.2, -0.15) is 0 Å². The molecule has 1 aromatic heterocycles. The summed E-state index contributed by atoms with van der Waals surface area (Å²) in [4.78, 5) is 2.53. The molecule has 2 aromatic rings. The first-order chi connectivity index (χ1) is 6.18. The number of rotatable bonds is 1. The van der Waals surface area contributed by atoms with Gasteiger partial charge in [-0.15, -0.1) is 0 Å². The summed E-state index contributed by atoms with van der Waals surface area (Å²) in [6, 6.07) is 5.96. The Labute approximate surface area is 72.8 Å². The second kappa shape index (κ2) is 2.73. The van der Waals surface area contributed by atoms with Crippen molar-refractivity contribution < 1.29 is 13.9 Å². The molecular formula is C9H7F2NO. The van der Waals surface area contributed by atoms with E-state index in [0.717, 1.165) is 0 Å². The number of phenolic OH excluding ortho intramolecular Hbond substituents is 1. The molecule has 0 radical (unpaired) electrons. The molecule has 0 fully saturated rings. The van der Waals surface area contributed by atoms with Crippen molar-refractivity contribution in [3.63, 3.8) is 0 Å². The topological polar surface area (TPSA) is 36.0 Å². The third-order valence-corrected chi connectivity index (χ3v) is 1.90. The van der Waals surface area contributed by atoms with Gasteiger partial charge in [-0.25, -0.2) is 8.78 Å². The minimum Gasteiger partial charge on any atom is -0.507 e. The predicted molar refractivity (Wildman–Crippen MR) is 44.9 cm³/mol. The minimum atomic E-state index is -2.54. The molecule has 0 amide bonds. The number of phenols is 1. The lowest BCUT2D eigenvalue weighted by Gasteiger charge is -1.91. The summed E-state index contributed by atoms with van der Waals surface area (Å²) in [5, 5.41) is 9.73. The summed E-state index contributed by atoms with van der Waals surface area (Å²) in [6.45, 7) is 0. The highest BCUT2D eigenvalue weighted by atomic mass is 19.3. The molecule has 0 atom stereocenters. The summed E-state index contributed by atoms with van der Waals surface area (Å²) >= 11 is 0. The number of aromatic amines is 1. The third kappa shape index (κ3) is 1.24. The van der Waals surface area contributed by atoms with E-state index in [2.05, 4.69) is 4.98 Å². The van der Waals surface area contributed by atoms with Crippen LogP contribution in [0.4, 0.5) is 8.78 Å². The van der Waals surface area contributed by atoms with Crippen LogP contribution in [0.2, 0.25) is 0 Å². The maximum Gasteiger partial charge on any atom is 0.278 e. The molecule has 4 heteroatoms. The van der Waals surface area contributed by atoms with E-state index in [1.54, 1.807) is 12.1 Å². The van der Waals surface area contributed by atoms with E-state index in [9.17, 15) is 13.9 Å². The smallest absolute Gasteiger partial charge is 0.278 e. The van der Waals surface area contributed by atoms with Crippen molar-refractivity contribution in [2.75, 3.05) is 0 Å². The Hall–Kier alpha value is -1.58. The highest BCUT2D eigenvalue weighted by Gasteiger charge is 2.11. The molecule has 0 aliphatic carbocycles. The molecule has 2 rings (SSSR count). The van der Waals surface area contributed by atoms with E-state index in [1.807, 2.05) is 0 Å². The molecule has 0 saturated carbocycles. The van der Waals surface area contributed by atoms with Crippen molar-refractivity contribution >= 4 is 10.9 Å². The first-order valence-corrected chi connectivity index (χ1v) is 3.77. The average Bonchev–Trinajstić information content (AvgIpc) is 2.49. The first kappa shape index (κ1) is 8.04. The highest BCUT2D eigenvalue weighted by molar-refractivity contribution is 5.86. The van der Waals surface area contributed by atoms with Gasteiger partial charge in [0, 0.05) is 10.9 Å². The molecule has 0 spiro atoms. The van der Waals surface area contributed by atoms with Gasteiger partial charge < -0.3 is 10.1 Å². The Morgan fingerprint density at radius 1 is 1.31 bits per heavy atom. The lowest BCUT2D eigenvalue weighted by atomic mass is 10.2. The van der Waals surface area contributed by atoms with Crippen molar-refractivity contribution in [1.82, 2.24) is 4.98 Å². The third-order valence-electron chi connectivity index (χ3n) is 1.90. The van der Waals surface area contributed by atoms with Crippen LogP contribution in [0.1, 0.15) is 12.1 Å². The number of hydrogen-bond acceptors (Lipinski definition) is 1. The van der Waals surface area contributed by atoms with Crippen LogP contribution in [-0.2, 0) is 0 Å². The Morgan fingerprint density at radius 3 is 2.69 bits per heavy atom. The van der Waals surface area contributed by atoms with E-state index in [0.29, 0.717) is 10.9 Å². The number of nitrogens with one attached hydrogen (secondary N) is 1. The molecule has 0 bridgehead atoms. The second-order valence-electron chi connectivity index (χ2n) is 2.76. The molecular weight excluding hydrogens is 176 g/mol. The van der Waals surface area contributed by atoms with Crippen LogP contribution in [0.5, 0.6) is 5.75 Å². The largest absolute Gasteiger partial charge is 0.507 e. The van der Waals surface area contributed by atoms with Crippen LogP contribution in [0, 0.1) is 0 Å². The minimum absolute atomic E-state index is 0.0145. The molecule has 0 saturated heterocycles. The fraction of sp³-hybridized carbons (Fsp3) is 0.111. The van der Waals surface area contributed by atoms with Crippen molar-refractivity contribution in [2.24, 2.45) is 0 Å². The number of alkyl halides is 2. The number of benzene rings is 1. The summed E-state index contributed by atoms with van der Waals surface area (Å²) < 4.78 is 24.4. The maximum absolute atomic E-state index is 12.2. The number of halogens is 2. The number of hydrogen-bond donors (Lipinski definition) is 2. The molecule has 0 aliphatic rings. The van der Waals surface area contributed by atoms with E-state index in [1.165, 1.54) is 12.1 Å². The Kier molecular flexibility index (Phi) is 1.69. The van der Waals surface area contributed by atoms with Gasteiger partial charge in [0.2, 0.25) is 0 Å². The average molecular weight is 183 g/mol. The van der Waals surface area contributed by atoms with E-state index < -0.39 is 6.43 Å². The molecule has 1 heterocycles. The van der Waals surface area contributed by atoms with Crippen LogP contribution < -0.4 is 0 Å². The van der Waals surface area contributed by atoms with Crippen LogP contribution in [0.3, 0.4) is 0 Å². The quantitative estimate of drug-likeness (QED) is 0.700. The van der Waals surface area contributed by atoms with Gasteiger partial charge in [0.05, 0.1) is 5.69 Å². The van der Waals surface area contributed by atoms with Crippen LogP contribution in [0.25, 0.3) is 10.9 Å². The van der Waals surface area contributed by atoms with Crippen LogP contribution >= 0.6 is 0 Å². The van der Waals surface area contributed by atoms with Gasteiger partial charge in [0.1, 0.15) is 5.75 Å². The SMILES string of the molecule is Oc1cccc2[nH]c(C(F)F)cc12. The molecule has 2 nitrogen and oxygen atoms in total. The monoisotopic (exact) mass is 183 g/mol. The van der Waals surface area contributed by atoms with Gasteiger partial charge in [-0.3, -0.25) is 0 Å². The van der Waals surface area contributed by atoms with Crippen molar-refractivity contribution in [3.05, 3.63) is 30.0 Å². The number of fused-ring (bicyclic) bond motifs is 1. The first-order valence-electron chi connectivity index (χ1n) is 3.77. The molecule has 0 aliphatic heterocycles. The second-order valence-corrected chi connectivity index (χ2v) is 2.76. The predicted octanol–water partition coefficient (Wildman–Crippen LogP) is 2.81. The van der Waals surface area contributed by atoms with Crippen LogP contribution in [0.15, 0.2) is 24.3 Å². The zero-order chi connectivity index (χ0) is 9.42. The molecule has 1 aromatic carbocycles. The molecule has 68 valence electrons. The normalized spacial score (nSPS) is 11.3. The summed E-state index contributed by atoms with van der Waals surface area (Å²) in [6.07, 6.45) is -2.54. The maximum atomic E-state index is 12.2. The van der Waals surface area contributed by atoms with Gasteiger partial charge in [-0.05, 0) is 18.2 Å². The van der Waals surface area contributed by atoms with Crippen molar-refractivity contribution in [3.8, 4) is 5.75 Å². The van der Waals surface area contributed by atoms with Crippen molar-refractivity contribution in [2.45, 2.75) is 6.43 Å². The van der Waals surface area contributed by atoms with Gasteiger partial charge in [0.15, 0.2) is 0 Å². The summed E-state index contributed by atoms with van der Waals surface area (Å²) in [7, 11) is 0. The number of aromatic hydroxyl groups is 1. The zero-order valence-electron chi connectivity index (χ0n) is 6.59. The lowest BCUT2D eigenvalue weighted by Crippen LogP contribution is -1.80. The van der Waals surface area contributed by atoms with Gasteiger partial charge in [0.25, 0.3) is 6.43 Å². The van der Waals surface area contributed by atoms with E-state index in [4.69, 9.17) is 0 Å².